The molecule has 1 fully saturated rings. The molecule has 0 aromatic heterocycles. The molecule has 6 heteroatoms. The molecule has 6 nitrogen and oxygen atoms in total. The third kappa shape index (κ3) is 6.47. The van der Waals surface area contributed by atoms with E-state index in [1.54, 1.807) is 7.11 Å². The van der Waals surface area contributed by atoms with Crippen molar-refractivity contribution in [2.45, 2.75) is 44.7 Å². The summed E-state index contributed by atoms with van der Waals surface area (Å²) in [5.74, 6) is 0. The van der Waals surface area contributed by atoms with E-state index in [9.17, 15) is 10.2 Å². The maximum atomic E-state index is 10.0. The topological polar surface area (TPSA) is 71.4 Å². The van der Waals surface area contributed by atoms with Crippen LogP contribution in [0.3, 0.4) is 0 Å². The molecule has 3 unspecified atom stereocenters. The lowest BCUT2D eigenvalue weighted by atomic mass is 10.0. The number of nitrogens with zero attached hydrogens (tertiary/aromatic N) is 1. The Labute approximate surface area is 121 Å². The summed E-state index contributed by atoms with van der Waals surface area (Å²) in [6.07, 6.45) is -0.775. The molecule has 3 atom stereocenters. The minimum absolute atomic E-state index is 0.00258. The number of aliphatic hydroxyl groups excluding tert-OH is 2. The summed E-state index contributed by atoms with van der Waals surface area (Å²) in [5.41, 5.74) is -0.310. The number of aliphatic hydroxyl groups is 2. The molecule has 0 aromatic rings. The highest BCUT2D eigenvalue weighted by atomic mass is 16.5. The fourth-order valence-electron chi connectivity index (χ4n) is 2.56. The second kappa shape index (κ2) is 8.26. The Balaban J connectivity index is 2.34. The van der Waals surface area contributed by atoms with Gasteiger partial charge >= 0.3 is 0 Å². The smallest absolute Gasteiger partial charge is 0.0940 e. The van der Waals surface area contributed by atoms with Crippen molar-refractivity contribution in [1.82, 2.24) is 4.90 Å². The summed E-state index contributed by atoms with van der Waals surface area (Å²) in [5, 5.41) is 19.3. The normalized spacial score (nSPS) is 26.4. The maximum absolute atomic E-state index is 10.0. The van der Waals surface area contributed by atoms with Crippen molar-refractivity contribution in [3.8, 4) is 0 Å². The van der Waals surface area contributed by atoms with Gasteiger partial charge in [-0.2, -0.15) is 0 Å². The number of hydrogen-bond donors (Lipinski definition) is 2. The van der Waals surface area contributed by atoms with Crippen LogP contribution >= 0.6 is 0 Å². The van der Waals surface area contributed by atoms with E-state index in [4.69, 9.17) is 14.2 Å². The van der Waals surface area contributed by atoms with Crippen LogP contribution in [-0.2, 0) is 14.2 Å². The molecule has 0 aliphatic carbocycles. The van der Waals surface area contributed by atoms with Crippen LogP contribution in [0.1, 0.15) is 20.8 Å². The average Bonchev–Trinajstić information content (AvgIpc) is 2.34. The number of rotatable bonds is 8. The Kier molecular flexibility index (Phi) is 7.36. The molecule has 0 radical (unpaired) electrons. The van der Waals surface area contributed by atoms with Crippen molar-refractivity contribution in [3.05, 3.63) is 0 Å². The molecule has 0 aromatic carbocycles. The summed E-state index contributed by atoms with van der Waals surface area (Å²) >= 11 is 0. The summed E-state index contributed by atoms with van der Waals surface area (Å²) in [7, 11) is 1.63. The molecule has 1 saturated heterocycles. The standard InChI is InChI=1S/C14H29NO5/c1-11(8-18-4)19-9-12(17)5-15-6-13(7-16)20-14(2,3)10-15/h11-13,16-17H,5-10H2,1-4H3. The van der Waals surface area contributed by atoms with Crippen molar-refractivity contribution in [3.63, 3.8) is 0 Å². The molecule has 120 valence electrons. The molecule has 2 N–H and O–H groups in total. The van der Waals surface area contributed by atoms with Crippen LogP contribution in [0.25, 0.3) is 0 Å². The molecule has 1 rings (SSSR count). The van der Waals surface area contributed by atoms with Gasteiger partial charge in [0.2, 0.25) is 0 Å². The van der Waals surface area contributed by atoms with Gasteiger partial charge in [-0.1, -0.05) is 0 Å². The van der Waals surface area contributed by atoms with Crippen LogP contribution < -0.4 is 0 Å². The van der Waals surface area contributed by atoms with Gasteiger partial charge in [-0.3, -0.25) is 4.90 Å². The molecule has 0 saturated carbocycles. The number of β-amino-alcohol motifs (C(OH)–C–C–N with tert-alkyl or cyclic N) is 1. The lowest BCUT2D eigenvalue weighted by molar-refractivity contribution is -0.155. The van der Waals surface area contributed by atoms with Gasteiger partial charge in [-0.05, 0) is 20.8 Å². The van der Waals surface area contributed by atoms with Gasteiger partial charge in [0.05, 0.1) is 43.7 Å². The Morgan fingerprint density at radius 3 is 2.70 bits per heavy atom. The van der Waals surface area contributed by atoms with Crippen LogP contribution in [0, 0.1) is 0 Å². The first kappa shape index (κ1) is 17.8. The van der Waals surface area contributed by atoms with Gasteiger partial charge in [0.1, 0.15) is 0 Å². The lowest BCUT2D eigenvalue weighted by Crippen LogP contribution is -2.55. The first-order valence-corrected chi connectivity index (χ1v) is 7.16. The Bertz CT molecular complexity index is 274. The number of morpholine rings is 1. The first-order valence-electron chi connectivity index (χ1n) is 7.16. The molecular weight excluding hydrogens is 262 g/mol. The molecule has 0 spiro atoms. The van der Waals surface area contributed by atoms with Gasteiger partial charge in [0.15, 0.2) is 0 Å². The quantitative estimate of drug-likeness (QED) is 0.649. The zero-order chi connectivity index (χ0) is 15.2. The predicted octanol–water partition coefficient (Wildman–Crippen LogP) is -0.129. The van der Waals surface area contributed by atoms with Crippen LogP contribution in [0.5, 0.6) is 0 Å². The SMILES string of the molecule is COCC(C)OCC(O)CN1CC(CO)OC(C)(C)C1. The Hall–Kier alpha value is -0.240. The van der Waals surface area contributed by atoms with Crippen LogP contribution in [0.2, 0.25) is 0 Å². The van der Waals surface area contributed by atoms with Crippen LogP contribution in [-0.4, -0.2) is 85.6 Å². The maximum Gasteiger partial charge on any atom is 0.0940 e. The van der Waals surface area contributed by atoms with Crippen LogP contribution in [0.4, 0.5) is 0 Å². The molecule has 1 heterocycles. The lowest BCUT2D eigenvalue weighted by Gasteiger charge is -2.42. The molecule has 1 aliphatic heterocycles. The van der Waals surface area contributed by atoms with E-state index in [0.29, 0.717) is 19.7 Å². The van der Waals surface area contributed by atoms with Crippen molar-refractivity contribution in [1.29, 1.82) is 0 Å². The van der Waals surface area contributed by atoms with Gasteiger partial charge in [0, 0.05) is 26.7 Å². The van der Waals surface area contributed by atoms with E-state index in [1.165, 1.54) is 0 Å². The summed E-state index contributed by atoms with van der Waals surface area (Å²) in [4.78, 5) is 2.11. The average molecular weight is 291 g/mol. The molecule has 0 amide bonds. The number of methoxy groups -OCH3 is 1. The van der Waals surface area contributed by atoms with Gasteiger partial charge in [0.25, 0.3) is 0 Å². The van der Waals surface area contributed by atoms with E-state index < -0.39 is 6.10 Å². The van der Waals surface area contributed by atoms with Crippen LogP contribution in [0.15, 0.2) is 0 Å². The number of hydrogen-bond acceptors (Lipinski definition) is 6. The van der Waals surface area contributed by atoms with E-state index in [2.05, 4.69) is 4.90 Å². The summed E-state index contributed by atoms with van der Waals surface area (Å²) in [6.45, 7) is 8.57. The largest absolute Gasteiger partial charge is 0.394 e. The highest BCUT2D eigenvalue weighted by molar-refractivity contribution is 4.84. The Morgan fingerprint density at radius 1 is 1.40 bits per heavy atom. The zero-order valence-corrected chi connectivity index (χ0v) is 13.0. The van der Waals surface area contributed by atoms with E-state index in [0.717, 1.165) is 6.54 Å². The third-order valence-corrected chi connectivity index (χ3v) is 3.20. The Morgan fingerprint density at radius 2 is 2.10 bits per heavy atom. The van der Waals surface area contributed by atoms with E-state index >= 15 is 0 Å². The fourth-order valence-corrected chi connectivity index (χ4v) is 2.56. The van der Waals surface area contributed by atoms with Crippen molar-refractivity contribution in [2.24, 2.45) is 0 Å². The second-order valence-corrected chi connectivity index (χ2v) is 6.13. The zero-order valence-electron chi connectivity index (χ0n) is 13.0. The molecule has 20 heavy (non-hydrogen) atoms. The van der Waals surface area contributed by atoms with Gasteiger partial charge < -0.3 is 24.4 Å². The minimum atomic E-state index is -0.553. The number of ether oxygens (including phenoxy) is 3. The van der Waals surface area contributed by atoms with Gasteiger partial charge in [-0.25, -0.2) is 0 Å². The second-order valence-electron chi connectivity index (χ2n) is 6.13. The van der Waals surface area contributed by atoms with Crippen molar-refractivity contribution >= 4 is 0 Å². The van der Waals surface area contributed by atoms with E-state index in [1.807, 2.05) is 20.8 Å². The predicted molar refractivity (Wildman–Crippen MR) is 75.8 cm³/mol. The van der Waals surface area contributed by atoms with Gasteiger partial charge in [-0.15, -0.1) is 0 Å². The minimum Gasteiger partial charge on any atom is -0.394 e. The van der Waals surface area contributed by atoms with Crippen molar-refractivity contribution < 1.29 is 24.4 Å². The summed E-state index contributed by atoms with van der Waals surface area (Å²) in [6, 6.07) is 0. The molecule has 0 bridgehead atoms. The fraction of sp³-hybridized carbons (Fsp3) is 1.00. The van der Waals surface area contributed by atoms with E-state index in [-0.39, 0.29) is 31.0 Å². The summed E-state index contributed by atoms with van der Waals surface area (Å²) < 4.78 is 16.2. The van der Waals surface area contributed by atoms with Crippen molar-refractivity contribution in [2.75, 3.05) is 46.6 Å². The highest BCUT2D eigenvalue weighted by Crippen LogP contribution is 2.20. The third-order valence-electron chi connectivity index (χ3n) is 3.20. The molecular formula is C14H29NO5. The highest BCUT2D eigenvalue weighted by Gasteiger charge is 2.33. The first-order chi connectivity index (χ1) is 9.36. The molecule has 1 aliphatic rings. The monoisotopic (exact) mass is 291 g/mol.